The van der Waals surface area contributed by atoms with Crippen LogP contribution in [0.4, 0.5) is 5.69 Å². The number of benzene rings is 3. The van der Waals surface area contributed by atoms with E-state index in [9.17, 15) is 21.6 Å². The average molecular weight is 675 g/mol. The van der Waals surface area contributed by atoms with E-state index >= 15 is 0 Å². The van der Waals surface area contributed by atoms with Crippen LogP contribution in [0.15, 0.2) is 64.4 Å². The molecule has 1 N–H and O–H groups in total. The number of anilines is 1. The van der Waals surface area contributed by atoms with Crippen molar-refractivity contribution in [2.24, 2.45) is 0 Å². The fraction of sp³-hybridized carbons (Fsp3) is 0.250. The number of nitrogens with one attached hydrogen (secondary N) is 1. The smallest absolute Gasteiger partial charge is 0.306 e. The first kappa shape index (κ1) is 35.4. The van der Waals surface area contributed by atoms with Crippen LogP contribution in [0.1, 0.15) is 18.4 Å². The molecule has 0 aliphatic rings. The fourth-order valence-corrected chi connectivity index (χ4v) is 5.75. The van der Waals surface area contributed by atoms with Gasteiger partial charge in [-0.05, 0) is 42.5 Å². The van der Waals surface area contributed by atoms with Gasteiger partial charge < -0.3 is 23.7 Å². The number of hydrogen-bond acceptors (Lipinski definition) is 10. The van der Waals surface area contributed by atoms with Gasteiger partial charge in [0.15, 0.2) is 0 Å². The highest BCUT2D eigenvalue weighted by atomic mass is 35.7. The van der Waals surface area contributed by atoms with E-state index in [4.69, 9.17) is 41.2 Å². The molecule has 43 heavy (non-hydrogen) atoms. The highest BCUT2D eigenvalue weighted by molar-refractivity contribution is 8.13. The SMILES string of the molecule is COC(=O)CCC#Cc1cc(Cl)ccc1NS(=O)(=O)c1cc(OC)ccc1OC.COc1ccc(OC)c(S(=O)(=O)Cl)c1. The molecule has 0 heterocycles. The third-order valence-corrected chi connectivity index (χ3v) is 8.39. The minimum absolute atomic E-state index is 0.0844. The van der Waals surface area contributed by atoms with Crippen LogP contribution in [0.3, 0.4) is 0 Å². The Morgan fingerprint density at radius 1 is 0.791 bits per heavy atom. The van der Waals surface area contributed by atoms with Gasteiger partial charge in [0.1, 0.15) is 32.8 Å². The maximum atomic E-state index is 13.0. The van der Waals surface area contributed by atoms with Crippen molar-refractivity contribution in [1.29, 1.82) is 0 Å². The number of esters is 1. The molecule has 0 radical (unpaired) electrons. The van der Waals surface area contributed by atoms with Crippen LogP contribution in [0.2, 0.25) is 5.02 Å². The van der Waals surface area contributed by atoms with Crippen molar-refractivity contribution in [3.8, 4) is 34.8 Å². The summed E-state index contributed by atoms with van der Waals surface area (Å²) in [5.74, 6) is 6.40. The molecule has 0 fully saturated rings. The molecular formula is C28H29Cl2NO10S2. The van der Waals surface area contributed by atoms with Crippen molar-refractivity contribution < 1.29 is 45.3 Å². The number of sulfonamides is 1. The summed E-state index contributed by atoms with van der Waals surface area (Å²) in [6, 6.07) is 13.4. The lowest BCUT2D eigenvalue weighted by atomic mass is 10.2. The monoisotopic (exact) mass is 673 g/mol. The minimum Gasteiger partial charge on any atom is -0.497 e. The van der Waals surface area contributed by atoms with E-state index in [1.54, 1.807) is 18.2 Å². The van der Waals surface area contributed by atoms with Gasteiger partial charge in [0, 0.05) is 34.3 Å². The van der Waals surface area contributed by atoms with Gasteiger partial charge in [0.25, 0.3) is 19.1 Å². The molecule has 11 nitrogen and oxygen atoms in total. The Bertz CT molecular complexity index is 1720. The lowest BCUT2D eigenvalue weighted by molar-refractivity contribution is -0.140. The zero-order valence-corrected chi connectivity index (χ0v) is 26.9. The van der Waals surface area contributed by atoms with Gasteiger partial charge in [0.05, 0.1) is 53.2 Å². The van der Waals surface area contributed by atoms with Crippen LogP contribution in [0.5, 0.6) is 23.0 Å². The number of ether oxygens (including phenoxy) is 5. The lowest BCUT2D eigenvalue weighted by Gasteiger charge is -2.14. The van der Waals surface area contributed by atoms with Crippen LogP contribution >= 0.6 is 22.3 Å². The summed E-state index contributed by atoms with van der Waals surface area (Å²) < 4.78 is 75.2. The second kappa shape index (κ2) is 16.1. The Balaban J connectivity index is 0.000000385. The second-order valence-corrected chi connectivity index (χ2v) is 12.8. The van der Waals surface area contributed by atoms with E-state index in [0.29, 0.717) is 22.1 Å². The molecule has 0 atom stereocenters. The van der Waals surface area contributed by atoms with Crippen molar-refractivity contribution in [2.45, 2.75) is 22.6 Å². The molecule has 0 saturated carbocycles. The Morgan fingerprint density at radius 2 is 1.35 bits per heavy atom. The second-order valence-electron chi connectivity index (χ2n) is 8.14. The zero-order valence-electron chi connectivity index (χ0n) is 23.8. The van der Waals surface area contributed by atoms with Crippen molar-refractivity contribution in [2.75, 3.05) is 40.3 Å². The topological polar surface area (TPSA) is 144 Å². The van der Waals surface area contributed by atoms with Crippen LogP contribution in [-0.4, -0.2) is 58.4 Å². The van der Waals surface area contributed by atoms with E-state index in [-0.39, 0.29) is 45.8 Å². The number of carbonyl (C=O) groups is 1. The van der Waals surface area contributed by atoms with Crippen LogP contribution < -0.4 is 23.7 Å². The number of methoxy groups -OCH3 is 5. The molecule has 232 valence electrons. The van der Waals surface area contributed by atoms with Crippen molar-refractivity contribution in [3.05, 3.63) is 65.2 Å². The van der Waals surface area contributed by atoms with E-state index in [0.717, 1.165) is 0 Å². The summed E-state index contributed by atoms with van der Waals surface area (Å²) in [6.45, 7) is 0. The molecule has 0 unspecified atom stereocenters. The maximum Gasteiger partial charge on any atom is 0.306 e. The summed E-state index contributed by atoms with van der Waals surface area (Å²) in [7, 11) is 4.30. The molecule has 3 rings (SSSR count). The van der Waals surface area contributed by atoms with Gasteiger partial charge in [0.2, 0.25) is 0 Å². The molecule has 0 amide bonds. The van der Waals surface area contributed by atoms with E-state index in [2.05, 4.69) is 21.3 Å². The molecule has 0 bridgehead atoms. The molecule has 15 heteroatoms. The largest absolute Gasteiger partial charge is 0.497 e. The van der Waals surface area contributed by atoms with Gasteiger partial charge in [-0.3, -0.25) is 9.52 Å². The standard InChI is InChI=1S/C20H20ClNO6S.C8H9ClO4S/c1-26-16-9-11-18(27-2)19(13-16)29(24,25)22-17-10-8-15(21)12-14(17)6-4-5-7-20(23)28-3;1-12-6-3-4-7(13-2)8(5-6)14(9,10)11/h8-13,22H,5,7H2,1-3H3;3-5H,1-2H3. The summed E-state index contributed by atoms with van der Waals surface area (Å²) >= 11 is 6.02. The average Bonchev–Trinajstić information content (AvgIpc) is 2.99. The number of rotatable bonds is 10. The van der Waals surface area contributed by atoms with Crippen LogP contribution in [0.25, 0.3) is 0 Å². The van der Waals surface area contributed by atoms with Gasteiger partial charge in [-0.25, -0.2) is 16.8 Å². The van der Waals surface area contributed by atoms with Crippen molar-refractivity contribution >= 4 is 53.0 Å². The molecule has 0 aliphatic carbocycles. The van der Waals surface area contributed by atoms with E-state index < -0.39 is 19.1 Å². The van der Waals surface area contributed by atoms with E-state index in [1.807, 2.05) is 0 Å². The zero-order chi connectivity index (χ0) is 32.2. The Hall–Kier alpha value is -3.83. The highest BCUT2D eigenvalue weighted by Gasteiger charge is 2.22. The number of hydrogen-bond donors (Lipinski definition) is 1. The van der Waals surface area contributed by atoms with E-state index in [1.165, 1.54) is 71.9 Å². The third kappa shape index (κ3) is 10.4. The highest BCUT2D eigenvalue weighted by Crippen LogP contribution is 2.32. The molecular weight excluding hydrogens is 645 g/mol. The fourth-order valence-electron chi connectivity index (χ4n) is 3.30. The quantitative estimate of drug-likeness (QED) is 0.175. The molecule has 0 aliphatic heterocycles. The minimum atomic E-state index is -4.01. The summed E-state index contributed by atoms with van der Waals surface area (Å²) in [4.78, 5) is 11.0. The van der Waals surface area contributed by atoms with Crippen molar-refractivity contribution in [1.82, 2.24) is 0 Å². The summed E-state index contributed by atoms with van der Waals surface area (Å²) in [5, 5.41) is 0.393. The van der Waals surface area contributed by atoms with Gasteiger partial charge in [-0.15, -0.1) is 0 Å². The molecule has 3 aromatic carbocycles. The molecule has 0 aromatic heterocycles. The first-order chi connectivity index (χ1) is 20.3. The van der Waals surface area contributed by atoms with Crippen LogP contribution in [0, 0.1) is 11.8 Å². The molecule has 3 aromatic rings. The third-order valence-electron chi connectivity index (χ3n) is 5.42. The predicted molar refractivity (Wildman–Crippen MR) is 163 cm³/mol. The molecule has 0 saturated heterocycles. The number of halogens is 2. The summed E-state index contributed by atoms with van der Waals surface area (Å²) in [5.41, 5.74) is 0.609. The van der Waals surface area contributed by atoms with Gasteiger partial charge >= 0.3 is 5.97 Å². The number of carbonyl (C=O) groups excluding carboxylic acids is 1. The predicted octanol–water partition coefficient (Wildman–Crippen LogP) is 5.09. The Labute approximate surface area is 260 Å². The van der Waals surface area contributed by atoms with Crippen LogP contribution in [-0.2, 0) is 28.6 Å². The Kier molecular flexibility index (Phi) is 13.3. The van der Waals surface area contributed by atoms with Crippen molar-refractivity contribution in [3.63, 3.8) is 0 Å². The molecule has 0 spiro atoms. The first-order valence-corrected chi connectivity index (χ1v) is 16.2. The van der Waals surface area contributed by atoms with Gasteiger partial charge in [-0.1, -0.05) is 23.4 Å². The first-order valence-electron chi connectivity index (χ1n) is 12.1. The lowest BCUT2D eigenvalue weighted by Crippen LogP contribution is -2.15. The van der Waals surface area contributed by atoms with Gasteiger partial charge in [-0.2, -0.15) is 0 Å². The Morgan fingerprint density at radius 3 is 1.86 bits per heavy atom. The maximum absolute atomic E-state index is 13.0. The summed E-state index contributed by atoms with van der Waals surface area (Å²) in [6.07, 6.45) is 0.390. The normalized spacial score (nSPS) is 10.7.